The number of fused-ring (bicyclic) bond motifs is 1. The van der Waals surface area contributed by atoms with Crippen LogP contribution in [0.4, 0.5) is 0 Å². The molecule has 1 fully saturated rings. The lowest BCUT2D eigenvalue weighted by molar-refractivity contribution is 0.0891. The van der Waals surface area contributed by atoms with Gasteiger partial charge >= 0.3 is 0 Å². The summed E-state index contributed by atoms with van der Waals surface area (Å²) in [6, 6.07) is 6.41. The number of carbonyl (C=O) groups is 1. The molecule has 0 bridgehead atoms. The molecule has 1 aromatic rings. The van der Waals surface area contributed by atoms with Gasteiger partial charge in [0.2, 0.25) is 0 Å². The first-order valence-corrected chi connectivity index (χ1v) is 7.78. The molecular formula is C17H24N2O. The molecule has 3 heteroatoms. The Morgan fingerprint density at radius 1 is 1.20 bits per heavy atom. The summed E-state index contributed by atoms with van der Waals surface area (Å²) >= 11 is 0. The maximum atomic E-state index is 12.4. The van der Waals surface area contributed by atoms with Gasteiger partial charge in [-0.3, -0.25) is 4.79 Å². The van der Waals surface area contributed by atoms with Crippen molar-refractivity contribution in [1.29, 1.82) is 0 Å². The van der Waals surface area contributed by atoms with Gasteiger partial charge < -0.3 is 10.6 Å². The van der Waals surface area contributed by atoms with Crippen molar-refractivity contribution in [2.24, 2.45) is 11.8 Å². The Hall–Kier alpha value is -1.35. The smallest absolute Gasteiger partial charge is 0.251 e. The summed E-state index contributed by atoms with van der Waals surface area (Å²) in [6.07, 6.45) is 3.63. The predicted molar refractivity (Wildman–Crippen MR) is 80.4 cm³/mol. The van der Waals surface area contributed by atoms with Crippen molar-refractivity contribution in [2.75, 3.05) is 0 Å². The Morgan fingerprint density at radius 2 is 2.00 bits per heavy atom. The summed E-state index contributed by atoms with van der Waals surface area (Å²) in [5.74, 6) is 1.37. The summed E-state index contributed by atoms with van der Waals surface area (Å²) in [5, 5.41) is 6.56. The van der Waals surface area contributed by atoms with Crippen molar-refractivity contribution in [3.05, 3.63) is 34.9 Å². The second kappa shape index (κ2) is 5.57. The van der Waals surface area contributed by atoms with Gasteiger partial charge in [0, 0.05) is 24.7 Å². The maximum absolute atomic E-state index is 12.4. The van der Waals surface area contributed by atoms with Gasteiger partial charge in [0.1, 0.15) is 0 Å². The van der Waals surface area contributed by atoms with E-state index in [0.29, 0.717) is 17.9 Å². The standard InChI is InChI=1S/C17H24N2O/c1-11-4-3-5-16(12(11)2)19-17(20)13-6-7-14-9-18-10-15(14)8-13/h6-8,11-12,16,18H,3-5,9-10H2,1-2H3,(H,19,20). The zero-order valence-corrected chi connectivity index (χ0v) is 12.4. The Morgan fingerprint density at radius 3 is 2.85 bits per heavy atom. The topological polar surface area (TPSA) is 41.1 Å². The van der Waals surface area contributed by atoms with E-state index >= 15 is 0 Å². The fourth-order valence-corrected chi connectivity index (χ4v) is 3.47. The highest BCUT2D eigenvalue weighted by molar-refractivity contribution is 5.94. The molecule has 1 aliphatic carbocycles. The molecule has 3 nitrogen and oxygen atoms in total. The minimum Gasteiger partial charge on any atom is -0.349 e. The molecule has 3 rings (SSSR count). The molecule has 1 aromatic carbocycles. The van der Waals surface area contributed by atoms with Crippen LogP contribution >= 0.6 is 0 Å². The van der Waals surface area contributed by atoms with Crippen LogP contribution in [0.5, 0.6) is 0 Å². The Kier molecular flexibility index (Phi) is 3.79. The molecule has 0 spiro atoms. The molecule has 2 aliphatic rings. The molecule has 1 amide bonds. The van der Waals surface area contributed by atoms with E-state index in [1.165, 1.54) is 24.0 Å². The molecule has 108 valence electrons. The summed E-state index contributed by atoms with van der Waals surface area (Å²) in [7, 11) is 0. The van der Waals surface area contributed by atoms with Crippen LogP contribution in [-0.2, 0) is 13.1 Å². The molecule has 0 saturated heterocycles. The monoisotopic (exact) mass is 272 g/mol. The molecule has 1 aliphatic heterocycles. The zero-order valence-electron chi connectivity index (χ0n) is 12.4. The predicted octanol–water partition coefficient (Wildman–Crippen LogP) is 2.84. The van der Waals surface area contributed by atoms with Crippen molar-refractivity contribution in [1.82, 2.24) is 10.6 Å². The van der Waals surface area contributed by atoms with Gasteiger partial charge in [0.05, 0.1) is 0 Å². The third kappa shape index (κ3) is 2.59. The number of nitrogens with one attached hydrogen (secondary N) is 2. The minimum absolute atomic E-state index is 0.0886. The highest BCUT2D eigenvalue weighted by Gasteiger charge is 2.28. The van der Waals surface area contributed by atoms with Gasteiger partial charge in [-0.05, 0) is 41.5 Å². The van der Waals surface area contributed by atoms with Gasteiger partial charge in [0.15, 0.2) is 0 Å². The first-order valence-electron chi connectivity index (χ1n) is 7.78. The molecule has 20 heavy (non-hydrogen) atoms. The van der Waals surface area contributed by atoms with E-state index in [4.69, 9.17) is 0 Å². The summed E-state index contributed by atoms with van der Waals surface area (Å²) < 4.78 is 0. The van der Waals surface area contributed by atoms with Gasteiger partial charge in [-0.2, -0.15) is 0 Å². The van der Waals surface area contributed by atoms with E-state index in [2.05, 4.69) is 30.5 Å². The van der Waals surface area contributed by atoms with E-state index in [1.54, 1.807) is 0 Å². The average molecular weight is 272 g/mol. The average Bonchev–Trinajstić information content (AvgIpc) is 2.91. The van der Waals surface area contributed by atoms with Crippen LogP contribution in [0, 0.1) is 11.8 Å². The number of hydrogen-bond acceptors (Lipinski definition) is 2. The minimum atomic E-state index is 0.0886. The second-order valence-electron chi connectivity index (χ2n) is 6.43. The van der Waals surface area contributed by atoms with E-state index in [0.717, 1.165) is 25.1 Å². The van der Waals surface area contributed by atoms with Crippen LogP contribution in [-0.4, -0.2) is 11.9 Å². The van der Waals surface area contributed by atoms with Gasteiger partial charge in [-0.15, -0.1) is 0 Å². The number of carbonyl (C=O) groups excluding carboxylic acids is 1. The molecule has 3 unspecified atom stereocenters. The lowest BCUT2D eigenvalue weighted by Crippen LogP contribution is -2.43. The van der Waals surface area contributed by atoms with Crippen molar-refractivity contribution in [3.8, 4) is 0 Å². The molecule has 2 N–H and O–H groups in total. The number of hydrogen-bond donors (Lipinski definition) is 2. The van der Waals surface area contributed by atoms with Crippen molar-refractivity contribution < 1.29 is 4.79 Å². The SMILES string of the molecule is CC1CCCC(NC(=O)c2ccc3c(c2)CNC3)C1C. The van der Waals surface area contributed by atoms with E-state index in [9.17, 15) is 4.79 Å². The number of benzene rings is 1. The van der Waals surface area contributed by atoms with Crippen LogP contribution in [0.3, 0.4) is 0 Å². The zero-order chi connectivity index (χ0) is 14.1. The first kappa shape index (κ1) is 13.6. The fraction of sp³-hybridized carbons (Fsp3) is 0.588. The largest absolute Gasteiger partial charge is 0.349 e. The van der Waals surface area contributed by atoms with Crippen LogP contribution in [0.1, 0.15) is 54.6 Å². The normalized spacial score (nSPS) is 29.0. The van der Waals surface area contributed by atoms with Crippen LogP contribution in [0.25, 0.3) is 0 Å². The van der Waals surface area contributed by atoms with Crippen molar-refractivity contribution in [3.63, 3.8) is 0 Å². The molecule has 3 atom stereocenters. The Labute approximate surface area is 121 Å². The summed E-state index contributed by atoms with van der Waals surface area (Å²) in [6.45, 7) is 6.37. The highest BCUT2D eigenvalue weighted by Crippen LogP contribution is 2.29. The quantitative estimate of drug-likeness (QED) is 0.869. The lowest BCUT2D eigenvalue weighted by atomic mass is 9.78. The fourth-order valence-electron chi connectivity index (χ4n) is 3.47. The van der Waals surface area contributed by atoms with Crippen molar-refractivity contribution in [2.45, 2.75) is 52.2 Å². The van der Waals surface area contributed by atoms with Crippen LogP contribution < -0.4 is 10.6 Å². The van der Waals surface area contributed by atoms with Crippen LogP contribution in [0.15, 0.2) is 18.2 Å². The lowest BCUT2D eigenvalue weighted by Gasteiger charge is -2.34. The van der Waals surface area contributed by atoms with Gasteiger partial charge in [-0.25, -0.2) is 0 Å². The van der Waals surface area contributed by atoms with Gasteiger partial charge in [-0.1, -0.05) is 32.8 Å². The Bertz CT molecular complexity index is 512. The second-order valence-corrected chi connectivity index (χ2v) is 6.43. The number of rotatable bonds is 2. The van der Waals surface area contributed by atoms with Crippen molar-refractivity contribution >= 4 is 5.91 Å². The van der Waals surface area contributed by atoms with E-state index < -0.39 is 0 Å². The molecule has 0 aromatic heterocycles. The maximum Gasteiger partial charge on any atom is 0.251 e. The third-order valence-corrected chi connectivity index (χ3v) is 5.12. The van der Waals surface area contributed by atoms with Gasteiger partial charge in [0.25, 0.3) is 5.91 Å². The Balaban J connectivity index is 1.70. The number of amides is 1. The van der Waals surface area contributed by atoms with E-state index in [-0.39, 0.29) is 5.91 Å². The molecular weight excluding hydrogens is 248 g/mol. The highest BCUT2D eigenvalue weighted by atomic mass is 16.1. The van der Waals surface area contributed by atoms with Crippen LogP contribution in [0.2, 0.25) is 0 Å². The molecule has 1 saturated carbocycles. The molecule has 1 heterocycles. The summed E-state index contributed by atoms with van der Waals surface area (Å²) in [5.41, 5.74) is 3.39. The summed E-state index contributed by atoms with van der Waals surface area (Å²) in [4.78, 5) is 12.4. The van der Waals surface area contributed by atoms with E-state index in [1.807, 2.05) is 12.1 Å². The third-order valence-electron chi connectivity index (χ3n) is 5.12. The molecule has 0 radical (unpaired) electrons. The first-order chi connectivity index (χ1) is 9.65.